The highest BCUT2D eigenvalue weighted by atomic mass is 19.1. The van der Waals surface area contributed by atoms with Gasteiger partial charge < -0.3 is 24.3 Å². The molecule has 0 bridgehead atoms. The van der Waals surface area contributed by atoms with Crippen LogP contribution in [0.1, 0.15) is 30.5 Å². The van der Waals surface area contributed by atoms with Gasteiger partial charge >= 0.3 is 6.09 Å². The lowest BCUT2D eigenvalue weighted by molar-refractivity contribution is 0.0965. The van der Waals surface area contributed by atoms with Crippen molar-refractivity contribution >= 4 is 23.5 Å². The van der Waals surface area contributed by atoms with E-state index in [1.54, 1.807) is 50.6 Å². The number of ether oxygens (including phenoxy) is 4. The molecule has 1 fully saturated rings. The molecule has 2 heterocycles. The van der Waals surface area contributed by atoms with Gasteiger partial charge in [-0.3, -0.25) is 14.7 Å². The average molecular weight is 673 g/mol. The van der Waals surface area contributed by atoms with E-state index in [-0.39, 0.29) is 24.1 Å². The van der Waals surface area contributed by atoms with Crippen molar-refractivity contribution in [2.45, 2.75) is 40.3 Å². The number of rotatable bonds is 13. The molecule has 1 amide bonds. The number of aromatic nitrogens is 2. The highest BCUT2D eigenvalue weighted by Gasteiger charge is 2.24. The van der Waals surface area contributed by atoms with E-state index in [4.69, 9.17) is 18.9 Å². The second-order valence-corrected chi connectivity index (χ2v) is 12.2. The number of carbonyl (C=O) groups is 1. The smallest absolute Gasteiger partial charge is 0.421 e. The molecule has 5 rings (SSSR count). The number of aryl methyl sites for hydroxylation is 2. The van der Waals surface area contributed by atoms with Crippen molar-refractivity contribution in [3.8, 4) is 23.0 Å². The number of amides is 1. The third-order valence-corrected chi connectivity index (χ3v) is 8.54. The first-order chi connectivity index (χ1) is 23.6. The summed E-state index contributed by atoms with van der Waals surface area (Å²) in [5.41, 5.74) is 2.72. The summed E-state index contributed by atoms with van der Waals surface area (Å²) >= 11 is 0. The minimum Gasteiger partial charge on any atom is -0.497 e. The van der Waals surface area contributed by atoms with Gasteiger partial charge in [0.1, 0.15) is 29.7 Å². The first-order valence-corrected chi connectivity index (χ1v) is 16.4. The molecule has 1 N–H and O–H groups in total. The average Bonchev–Trinajstić information content (AvgIpc) is 3.10. The molecule has 1 aliphatic rings. The van der Waals surface area contributed by atoms with Crippen LogP contribution in [0.2, 0.25) is 0 Å². The minimum atomic E-state index is -0.652. The van der Waals surface area contributed by atoms with E-state index in [0.717, 1.165) is 43.9 Å². The molecule has 0 atom stereocenters. The number of para-hydroxylation sites is 1. The number of methoxy groups -OCH3 is 2. The molecule has 11 nitrogen and oxygen atoms in total. The van der Waals surface area contributed by atoms with Gasteiger partial charge in [0.05, 0.1) is 20.8 Å². The van der Waals surface area contributed by atoms with E-state index in [1.165, 1.54) is 17.2 Å². The summed E-state index contributed by atoms with van der Waals surface area (Å²) in [6, 6.07) is 17.8. The van der Waals surface area contributed by atoms with E-state index in [1.807, 2.05) is 32.0 Å². The molecule has 0 unspecified atom stereocenters. The molecule has 0 radical (unpaired) electrons. The van der Waals surface area contributed by atoms with E-state index in [2.05, 4.69) is 38.9 Å². The quantitative estimate of drug-likeness (QED) is 0.167. The predicted molar refractivity (Wildman–Crippen MR) is 188 cm³/mol. The van der Waals surface area contributed by atoms with Crippen LogP contribution >= 0.6 is 0 Å². The van der Waals surface area contributed by atoms with Crippen LogP contribution in [0.5, 0.6) is 23.0 Å². The monoisotopic (exact) mass is 672 g/mol. The Morgan fingerprint density at radius 3 is 2.37 bits per heavy atom. The summed E-state index contributed by atoms with van der Waals surface area (Å²) < 4.78 is 37.8. The van der Waals surface area contributed by atoms with Gasteiger partial charge in [0.2, 0.25) is 5.95 Å². The van der Waals surface area contributed by atoms with Crippen LogP contribution in [-0.4, -0.2) is 85.5 Å². The number of benzene rings is 3. The zero-order valence-corrected chi connectivity index (χ0v) is 29.0. The molecule has 0 aliphatic carbocycles. The Hall–Kier alpha value is -4.94. The van der Waals surface area contributed by atoms with Crippen LogP contribution in [0.4, 0.5) is 26.6 Å². The summed E-state index contributed by atoms with van der Waals surface area (Å²) in [6.45, 7) is 13.3. The summed E-state index contributed by atoms with van der Waals surface area (Å²) in [7, 11) is 3.13. The fourth-order valence-electron chi connectivity index (χ4n) is 5.69. The second kappa shape index (κ2) is 16.4. The lowest BCUT2D eigenvalue weighted by atomic mass is 10.1. The number of nitrogens with one attached hydrogen (secondary N) is 1. The highest BCUT2D eigenvalue weighted by molar-refractivity contribution is 5.88. The van der Waals surface area contributed by atoms with Crippen molar-refractivity contribution in [1.29, 1.82) is 0 Å². The van der Waals surface area contributed by atoms with Crippen molar-refractivity contribution < 1.29 is 28.1 Å². The zero-order chi connectivity index (χ0) is 34.9. The minimum absolute atomic E-state index is 0.0503. The maximum absolute atomic E-state index is 15.1. The van der Waals surface area contributed by atoms with Gasteiger partial charge in [0, 0.05) is 62.3 Å². The molecular formula is C37H45FN6O5. The first-order valence-electron chi connectivity index (χ1n) is 16.4. The van der Waals surface area contributed by atoms with Crippen molar-refractivity contribution in [2.24, 2.45) is 0 Å². The van der Waals surface area contributed by atoms with Crippen molar-refractivity contribution in [3.05, 3.63) is 89.4 Å². The number of anilines is 3. The molecule has 3 aromatic carbocycles. The van der Waals surface area contributed by atoms with E-state index in [9.17, 15) is 4.79 Å². The van der Waals surface area contributed by atoms with Gasteiger partial charge in [0.15, 0.2) is 11.6 Å². The number of piperazine rings is 1. The Labute approximate surface area is 287 Å². The SMILES string of the molecule is COc1ccc(OC)c(CN(C(=O)Oc2c(C)cccc2C)c2ccnc(Nc3ccc(OCCN4CCN(C(C)C)CC4)c(F)c3)n2)c1. The largest absolute Gasteiger partial charge is 0.497 e. The Morgan fingerprint density at radius 2 is 1.69 bits per heavy atom. The number of nitrogens with zero attached hydrogens (tertiary/aromatic N) is 5. The molecule has 0 spiro atoms. The fraction of sp³-hybridized carbons (Fsp3) is 0.378. The molecule has 49 heavy (non-hydrogen) atoms. The van der Waals surface area contributed by atoms with Gasteiger partial charge in [0.25, 0.3) is 0 Å². The number of hydrogen-bond donors (Lipinski definition) is 1. The van der Waals surface area contributed by atoms with Crippen LogP contribution < -0.4 is 29.2 Å². The van der Waals surface area contributed by atoms with Crippen LogP contribution in [0.15, 0.2) is 66.9 Å². The Balaban J connectivity index is 1.31. The van der Waals surface area contributed by atoms with Gasteiger partial charge in [-0.25, -0.2) is 14.2 Å². The predicted octanol–water partition coefficient (Wildman–Crippen LogP) is 6.60. The third-order valence-electron chi connectivity index (χ3n) is 8.54. The summed E-state index contributed by atoms with van der Waals surface area (Å²) in [6.07, 6.45) is 0.864. The van der Waals surface area contributed by atoms with Crippen molar-refractivity contribution in [2.75, 3.05) is 63.8 Å². The lowest BCUT2D eigenvalue weighted by Gasteiger charge is -2.36. The summed E-state index contributed by atoms with van der Waals surface area (Å²) in [4.78, 5) is 28.9. The molecule has 0 saturated carbocycles. The zero-order valence-electron chi connectivity index (χ0n) is 29.0. The fourth-order valence-corrected chi connectivity index (χ4v) is 5.69. The molecule has 1 aromatic heterocycles. The maximum Gasteiger partial charge on any atom is 0.421 e. The van der Waals surface area contributed by atoms with Crippen LogP contribution in [0, 0.1) is 19.7 Å². The molecule has 1 saturated heterocycles. The highest BCUT2D eigenvalue weighted by Crippen LogP contribution is 2.30. The topological polar surface area (TPSA) is 102 Å². The number of hydrogen-bond acceptors (Lipinski definition) is 10. The van der Waals surface area contributed by atoms with Gasteiger partial charge in [-0.15, -0.1) is 0 Å². The van der Waals surface area contributed by atoms with E-state index < -0.39 is 11.9 Å². The number of carbonyl (C=O) groups excluding carboxylic acids is 1. The lowest BCUT2D eigenvalue weighted by Crippen LogP contribution is -2.49. The molecule has 260 valence electrons. The molecule has 4 aromatic rings. The van der Waals surface area contributed by atoms with Crippen LogP contribution in [0.3, 0.4) is 0 Å². The van der Waals surface area contributed by atoms with Crippen molar-refractivity contribution in [3.63, 3.8) is 0 Å². The standard InChI is InChI=1S/C37H45FN6O5/c1-25(2)43-18-16-42(17-19-43)20-21-48-33-12-10-29(23-31(33)38)40-36-39-15-14-34(41-36)44(24-28-22-30(46-5)11-13-32(28)47-6)37(45)49-35-26(3)8-7-9-27(35)4/h7-15,22-23,25H,16-21,24H2,1-6H3,(H,39,40,41). The van der Waals surface area contributed by atoms with Gasteiger partial charge in [-0.2, -0.15) is 4.98 Å². The maximum atomic E-state index is 15.1. The molecule has 1 aliphatic heterocycles. The summed E-state index contributed by atoms with van der Waals surface area (Å²) in [5.74, 6) is 1.71. The summed E-state index contributed by atoms with van der Waals surface area (Å²) in [5, 5.41) is 3.05. The Kier molecular flexibility index (Phi) is 11.9. The second-order valence-electron chi connectivity index (χ2n) is 12.2. The first kappa shape index (κ1) is 35.4. The molecule has 12 heteroatoms. The van der Waals surface area contributed by atoms with Gasteiger partial charge in [-0.05, 0) is 75.2 Å². The van der Waals surface area contributed by atoms with Crippen molar-refractivity contribution in [1.82, 2.24) is 19.8 Å². The van der Waals surface area contributed by atoms with Gasteiger partial charge in [-0.1, -0.05) is 18.2 Å². The Morgan fingerprint density at radius 1 is 0.959 bits per heavy atom. The van der Waals surface area contributed by atoms with E-state index >= 15 is 4.39 Å². The Bertz CT molecular complexity index is 1710. The number of halogens is 1. The third kappa shape index (κ3) is 9.15. The van der Waals surface area contributed by atoms with E-state index in [0.29, 0.717) is 41.1 Å². The van der Waals surface area contributed by atoms with Crippen LogP contribution in [-0.2, 0) is 6.54 Å². The van der Waals surface area contributed by atoms with Crippen LogP contribution in [0.25, 0.3) is 0 Å². The normalized spacial score (nSPS) is 13.6. The molecular weight excluding hydrogens is 627 g/mol.